The van der Waals surface area contributed by atoms with Gasteiger partial charge in [0.25, 0.3) is 0 Å². The molecule has 1 aromatic heterocycles. The van der Waals surface area contributed by atoms with Gasteiger partial charge in [-0.1, -0.05) is 0 Å². The molecule has 0 unspecified atom stereocenters. The third-order valence-corrected chi connectivity index (χ3v) is 3.93. The number of nitrogens with one attached hydrogen (secondary N) is 1. The summed E-state index contributed by atoms with van der Waals surface area (Å²) in [5.41, 5.74) is -1.13. The number of hydrogen-bond donors (Lipinski definition) is 2. The van der Waals surface area contributed by atoms with Crippen molar-refractivity contribution in [2.45, 2.75) is 25.8 Å². The van der Waals surface area contributed by atoms with Gasteiger partial charge in [-0.25, -0.2) is 0 Å². The Balaban J connectivity index is 1.81. The molecule has 0 saturated carbocycles. The number of carboxylic acids is 1. The number of nitrogens with zero attached hydrogens (tertiary/aromatic N) is 3. The summed E-state index contributed by atoms with van der Waals surface area (Å²) < 4.78 is 6.47. The molecule has 0 spiro atoms. The second-order valence-corrected chi connectivity index (χ2v) is 5.44. The normalized spacial score (nSPS) is 16.7. The van der Waals surface area contributed by atoms with E-state index in [4.69, 9.17) is 4.74 Å². The maximum Gasteiger partial charge on any atom is 0.311 e. The minimum absolute atomic E-state index is 0.0454. The number of nitro groups is 1. The smallest absolute Gasteiger partial charge is 0.311 e. The third kappa shape index (κ3) is 4.25. The molecular formula is C13H18N4O6. The summed E-state index contributed by atoms with van der Waals surface area (Å²) in [5, 5.41) is 26.3. The van der Waals surface area contributed by atoms with Crippen molar-refractivity contribution in [3.63, 3.8) is 0 Å². The van der Waals surface area contributed by atoms with Crippen molar-refractivity contribution in [2.75, 3.05) is 19.8 Å². The summed E-state index contributed by atoms with van der Waals surface area (Å²) in [4.78, 5) is 33.3. The van der Waals surface area contributed by atoms with Crippen LogP contribution in [-0.2, 0) is 20.9 Å². The van der Waals surface area contributed by atoms with Gasteiger partial charge < -0.3 is 15.2 Å². The number of ether oxygens (including phenoxy) is 1. The number of aliphatic carboxylic acids is 1. The highest BCUT2D eigenvalue weighted by Crippen LogP contribution is 2.30. The molecule has 1 aliphatic heterocycles. The molecule has 0 radical (unpaired) electrons. The molecule has 2 rings (SSSR count). The molecule has 0 atom stereocenters. The summed E-state index contributed by atoms with van der Waals surface area (Å²) in [6.07, 6.45) is 3.12. The summed E-state index contributed by atoms with van der Waals surface area (Å²) in [6.45, 7) is 0.949. The predicted octanol–water partition coefficient (Wildman–Crippen LogP) is 0.179. The summed E-state index contributed by atoms with van der Waals surface area (Å²) >= 11 is 0. The van der Waals surface area contributed by atoms with Crippen LogP contribution in [0.3, 0.4) is 0 Å². The van der Waals surface area contributed by atoms with E-state index >= 15 is 0 Å². The van der Waals surface area contributed by atoms with Gasteiger partial charge in [0, 0.05) is 32.7 Å². The number of carbonyl (C=O) groups is 2. The Kier molecular flexibility index (Phi) is 5.27. The fourth-order valence-corrected chi connectivity index (χ4v) is 2.37. The highest BCUT2D eigenvalue weighted by molar-refractivity contribution is 5.79. The lowest BCUT2D eigenvalue weighted by Crippen LogP contribution is -2.46. The first-order valence-electron chi connectivity index (χ1n) is 7.18. The molecule has 10 nitrogen and oxygen atoms in total. The van der Waals surface area contributed by atoms with E-state index < -0.39 is 16.3 Å². The number of hydrogen-bond acceptors (Lipinski definition) is 6. The van der Waals surface area contributed by atoms with Crippen molar-refractivity contribution in [1.29, 1.82) is 0 Å². The Morgan fingerprint density at radius 1 is 1.48 bits per heavy atom. The topological polar surface area (TPSA) is 137 Å². The maximum absolute atomic E-state index is 11.9. The van der Waals surface area contributed by atoms with Gasteiger partial charge >= 0.3 is 11.7 Å². The van der Waals surface area contributed by atoms with Crippen LogP contribution >= 0.6 is 0 Å². The monoisotopic (exact) mass is 326 g/mol. The van der Waals surface area contributed by atoms with Gasteiger partial charge in [0.1, 0.15) is 12.4 Å². The fraction of sp³-hybridized carbons (Fsp3) is 0.615. The van der Waals surface area contributed by atoms with Crippen LogP contribution < -0.4 is 5.32 Å². The number of aromatic nitrogens is 2. The SMILES string of the molecule is O=C(CCn1cc([N+](=O)[O-])cn1)NCC1(C(=O)O)CCOCC1. The first kappa shape index (κ1) is 16.9. The second-order valence-electron chi connectivity index (χ2n) is 5.44. The highest BCUT2D eigenvalue weighted by atomic mass is 16.6. The lowest BCUT2D eigenvalue weighted by atomic mass is 9.80. The maximum atomic E-state index is 11.9. The quantitative estimate of drug-likeness (QED) is 0.538. The van der Waals surface area contributed by atoms with Crippen molar-refractivity contribution >= 4 is 17.6 Å². The van der Waals surface area contributed by atoms with Crippen LogP contribution in [0.15, 0.2) is 12.4 Å². The molecule has 0 aliphatic carbocycles. The van der Waals surface area contributed by atoms with Crippen molar-refractivity contribution in [3.8, 4) is 0 Å². The Morgan fingerprint density at radius 2 is 2.17 bits per heavy atom. The second kappa shape index (κ2) is 7.18. The van der Waals surface area contributed by atoms with Gasteiger partial charge in [-0.05, 0) is 12.8 Å². The zero-order valence-electron chi connectivity index (χ0n) is 12.4. The Hall–Kier alpha value is -2.49. The van der Waals surface area contributed by atoms with E-state index in [2.05, 4.69) is 10.4 Å². The van der Waals surface area contributed by atoms with E-state index in [1.807, 2.05) is 0 Å². The molecule has 10 heteroatoms. The molecule has 1 aromatic rings. The average molecular weight is 326 g/mol. The molecule has 2 heterocycles. The van der Waals surface area contributed by atoms with Gasteiger partial charge in [0.15, 0.2) is 0 Å². The van der Waals surface area contributed by atoms with Crippen LogP contribution in [0.25, 0.3) is 0 Å². The zero-order valence-corrected chi connectivity index (χ0v) is 12.4. The van der Waals surface area contributed by atoms with E-state index in [1.54, 1.807) is 0 Å². The molecule has 0 aromatic carbocycles. The highest BCUT2D eigenvalue weighted by Gasteiger charge is 2.40. The molecule has 1 amide bonds. The van der Waals surface area contributed by atoms with E-state index in [0.29, 0.717) is 26.1 Å². The summed E-state index contributed by atoms with van der Waals surface area (Å²) in [7, 11) is 0. The van der Waals surface area contributed by atoms with Gasteiger partial charge in [-0.3, -0.25) is 24.4 Å². The Labute approximate surface area is 131 Å². The standard InChI is InChI=1S/C13H18N4O6/c18-11(1-4-16-8-10(7-15-16)17(21)22)14-9-13(12(19)20)2-5-23-6-3-13/h7-8H,1-6,9H2,(H,14,18)(H,19,20). The van der Waals surface area contributed by atoms with E-state index in [9.17, 15) is 24.8 Å². The van der Waals surface area contributed by atoms with Crippen LogP contribution in [0.4, 0.5) is 5.69 Å². The van der Waals surface area contributed by atoms with Crippen LogP contribution in [-0.4, -0.2) is 51.4 Å². The summed E-state index contributed by atoms with van der Waals surface area (Å²) in [6, 6.07) is 0. The number of rotatable bonds is 7. The zero-order chi connectivity index (χ0) is 16.9. The lowest BCUT2D eigenvalue weighted by Gasteiger charge is -2.33. The molecular weight excluding hydrogens is 308 g/mol. The van der Waals surface area contributed by atoms with Gasteiger partial charge in [-0.2, -0.15) is 5.10 Å². The molecule has 1 saturated heterocycles. The van der Waals surface area contributed by atoms with Gasteiger partial charge in [0.2, 0.25) is 5.91 Å². The molecule has 23 heavy (non-hydrogen) atoms. The number of carbonyl (C=O) groups excluding carboxylic acids is 1. The first-order chi connectivity index (χ1) is 10.9. The molecule has 1 aliphatic rings. The third-order valence-electron chi connectivity index (χ3n) is 3.93. The number of carboxylic acid groups (broad SMARTS) is 1. The Morgan fingerprint density at radius 3 is 2.74 bits per heavy atom. The van der Waals surface area contributed by atoms with Crippen LogP contribution in [0.2, 0.25) is 0 Å². The summed E-state index contributed by atoms with van der Waals surface area (Å²) in [5.74, 6) is -1.26. The molecule has 0 bridgehead atoms. The fourth-order valence-electron chi connectivity index (χ4n) is 2.37. The van der Waals surface area contributed by atoms with Crippen LogP contribution in [0.1, 0.15) is 19.3 Å². The molecule has 2 N–H and O–H groups in total. The number of aryl methyl sites for hydroxylation is 1. The van der Waals surface area contributed by atoms with E-state index in [0.717, 1.165) is 6.20 Å². The van der Waals surface area contributed by atoms with Crippen LogP contribution in [0.5, 0.6) is 0 Å². The van der Waals surface area contributed by atoms with Crippen molar-refractivity contribution in [1.82, 2.24) is 15.1 Å². The van der Waals surface area contributed by atoms with Crippen molar-refractivity contribution in [2.24, 2.45) is 5.41 Å². The molecule has 126 valence electrons. The minimum Gasteiger partial charge on any atom is -0.481 e. The van der Waals surface area contributed by atoms with Crippen LogP contribution in [0, 0.1) is 15.5 Å². The van der Waals surface area contributed by atoms with Gasteiger partial charge in [0.05, 0.1) is 10.3 Å². The molecule has 1 fully saturated rings. The van der Waals surface area contributed by atoms with E-state index in [-0.39, 0.29) is 31.1 Å². The van der Waals surface area contributed by atoms with E-state index in [1.165, 1.54) is 10.9 Å². The Bertz CT molecular complexity index is 593. The van der Waals surface area contributed by atoms with Crippen molar-refractivity contribution < 1.29 is 24.4 Å². The van der Waals surface area contributed by atoms with Gasteiger partial charge in [-0.15, -0.1) is 0 Å². The number of amides is 1. The largest absolute Gasteiger partial charge is 0.481 e. The van der Waals surface area contributed by atoms with Crippen molar-refractivity contribution in [3.05, 3.63) is 22.5 Å². The first-order valence-corrected chi connectivity index (χ1v) is 7.18. The average Bonchev–Trinajstić information content (AvgIpc) is 3.01. The minimum atomic E-state index is -0.988. The predicted molar refractivity (Wildman–Crippen MR) is 76.6 cm³/mol. The lowest BCUT2D eigenvalue weighted by molar-refractivity contribution is -0.385.